The predicted octanol–water partition coefficient (Wildman–Crippen LogP) is 4.27. The number of fused-ring (bicyclic) bond motifs is 1. The van der Waals surface area contributed by atoms with Gasteiger partial charge in [-0.25, -0.2) is 0 Å². The van der Waals surface area contributed by atoms with Crippen molar-refractivity contribution in [2.75, 3.05) is 0 Å². The van der Waals surface area contributed by atoms with E-state index in [1.54, 1.807) is 11.3 Å². The second kappa shape index (κ2) is 3.90. The standard InChI is InChI=1S/C10H5BrClNS/c11-9-2-10-8(1-6(9)4-13)7(3-12)5-14-10/h1-2,5H,3H2. The molecule has 0 aliphatic carbocycles. The van der Waals surface area contributed by atoms with Crippen molar-refractivity contribution in [3.8, 4) is 6.07 Å². The van der Waals surface area contributed by atoms with Gasteiger partial charge in [0, 0.05) is 15.1 Å². The van der Waals surface area contributed by atoms with Gasteiger partial charge in [0.25, 0.3) is 0 Å². The van der Waals surface area contributed by atoms with Gasteiger partial charge in [0.1, 0.15) is 6.07 Å². The molecule has 0 saturated heterocycles. The van der Waals surface area contributed by atoms with Gasteiger partial charge >= 0.3 is 0 Å². The molecule has 14 heavy (non-hydrogen) atoms. The molecular weight excluding hydrogens is 282 g/mol. The average Bonchev–Trinajstić information content (AvgIpc) is 2.58. The number of alkyl halides is 1. The number of thiophene rings is 1. The Hall–Kier alpha value is -0.560. The average molecular weight is 287 g/mol. The third-order valence-corrected chi connectivity index (χ3v) is 3.95. The van der Waals surface area contributed by atoms with Crippen LogP contribution in [0.4, 0.5) is 0 Å². The quantitative estimate of drug-likeness (QED) is 0.718. The van der Waals surface area contributed by atoms with Gasteiger partial charge in [0.05, 0.1) is 5.56 Å². The first-order valence-corrected chi connectivity index (χ1v) is 6.12. The van der Waals surface area contributed by atoms with E-state index in [0.29, 0.717) is 11.4 Å². The van der Waals surface area contributed by atoms with E-state index in [0.717, 1.165) is 20.1 Å². The maximum absolute atomic E-state index is 8.87. The lowest BCUT2D eigenvalue weighted by Gasteiger charge is -1.97. The summed E-state index contributed by atoms with van der Waals surface area (Å²) in [5.41, 5.74) is 1.75. The van der Waals surface area contributed by atoms with Gasteiger partial charge in [-0.1, -0.05) is 0 Å². The van der Waals surface area contributed by atoms with E-state index in [1.165, 1.54) is 0 Å². The maximum atomic E-state index is 8.87. The number of rotatable bonds is 1. The topological polar surface area (TPSA) is 23.8 Å². The van der Waals surface area contributed by atoms with Gasteiger partial charge in [0.2, 0.25) is 0 Å². The molecule has 1 heterocycles. The van der Waals surface area contributed by atoms with Crippen molar-refractivity contribution in [2.45, 2.75) is 5.88 Å². The minimum Gasteiger partial charge on any atom is -0.192 e. The lowest BCUT2D eigenvalue weighted by atomic mass is 10.1. The monoisotopic (exact) mass is 285 g/mol. The third-order valence-electron chi connectivity index (χ3n) is 2.01. The molecule has 2 aromatic rings. The highest BCUT2D eigenvalue weighted by Crippen LogP contribution is 2.31. The molecule has 1 aromatic carbocycles. The molecule has 0 spiro atoms. The van der Waals surface area contributed by atoms with Crippen LogP contribution in [0.3, 0.4) is 0 Å². The van der Waals surface area contributed by atoms with Crippen LogP contribution in [-0.2, 0) is 5.88 Å². The van der Waals surface area contributed by atoms with Crippen molar-refractivity contribution in [1.82, 2.24) is 0 Å². The zero-order valence-corrected chi connectivity index (χ0v) is 10.2. The summed E-state index contributed by atoms with van der Waals surface area (Å²) in [6.45, 7) is 0. The zero-order chi connectivity index (χ0) is 10.1. The summed E-state index contributed by atoms with van der Waals surface area (Å²) in [7, 11) is 0. The molecular formula is C10H5BrClNS. The lowest BCUT2D eigenvalue weighted by Crippen LogP contribution is -1.79. The third kappa shape index (κ3) is 1.54. The van der Waals surface area contributed by atoms with Crippen LogP contribution in [0.2, 0.25) is 0 Å². The molecule has 0 atom stereocenters. The molecule has 0 aliphatic heterocycles. The molecule has 1 aromatic heterocycles. The molecule has 2 rings (SSSR count). The fraction of sp³-hybridized carbons (Fsp3) is 0.100. The summed E-state index contributed by atoms with van der Waals surface area (Å²) in [6, 6.07) is 5.99. The second-order valence-electron chi connectivity index (χ2n) is 2.83. The first-order chi connectivity index (χ1) is 6.76. The van der Waals surface area contributed by atoms with E-state index in [9.17, 15) is 0 Å². The number of halogens is 2. The highest BCUT2D eigenvalue weighted by molar-refractivity contribution is 9.10. The Morgan fingerprint density at radius 2 is 2.29 bits per heavy atom. The first kappa shape index (κ1) is 9.97. The van der Waals surface area contributed by atoms with E-state index in [4.69, 9.17) is 16.9 Å². The fourth-order valence-corrected chi connectivity index (χ4v) is 3.17. The Labute approximate surface area is 99.0 Å². The van der Waals surface area contributed by atoms with Crippen molar-refractivity contribution < 1.29 is 0 Å². The van der Waals surface area contributed by atoms with Crippen LogP contribution in [0.1, 0.15) is 11.1 Å². The van der Waals surface area contributed by atoms with E-state index in [1.807, 2.05) is 17.5 Å². The Balaban J connectivity index is 2.78. The van der Waals surface area contributed by atoms with Gasteiger partial charge in [-0.05, 0) is 44.4 Å². The SMILES string of the molecule is N#Cc1cc2c(CCl)csc2cc1Br. The van der Waals surface area contributed by atoms with E-state index >= 15 is 0 Å². The molecule has 0 N–H and O–H groups in total. The largest absolute Gasteiger partial charge is 0.192 e. The highest BCUT2D eigenvalue weighted by atomic mass is 79.9. The van der Waals surface area contributed by atoms with E-state index in [2.05, 4.69) is 22.0 Å². The first-order valence-electron chi connectivity index (χ1n) is 3.92. The lowest BCUT2D eigenvalue weighted by molar-refractivity contribution is 1.46. The predicted molar refractivity (Wildman–Crippen MR) is 63.8 cm³/mol. The molecule has 70 valence electrons. The van der Waals surface area contributed by atoms with Crippen molar-refractivity contribution >= 4 is 49.0 Å². The van der Waals surface area contributed by atoms with Gasteiger partial charge in [-0.15, -0.1) is 22.9 Å². The van der Waals surface area contributed by atoms with Crippen molar-refractivity contribution in [3.63, 3.8) is 0 Å². The molecule has 0 aliphatic rings. The number of hydrogen-bond acceptors (Lipinski definition) is 2. The normalized spacial score (nSPS) is 10.4. The smallest absolute Gasteiger partial charge is 0.100 e. The van der Waals surface area contributed by atoms with Gasteiger partial charge in [-0.3, -0.25) is 0 Å². The highest BCUT2D eigenvalue weighted by Gasteiger charge is 2.07. The number of nitrogens with zero attached hydrogens (tertiary/aromatic N) is 1. The molecule has 0 amide bonds. The molecule has 1 nitrogen and oxygen atoms in total. The van der Waals surface area contributed by atoms with Crippen LogP contribution in [0.5, 0.6) is 0 Å². The van der Waals surface area contributed by atoms with Crippen molar-refractivity contribution in [1.29, 1.82) is 5.26 Å². The Kier molecular flexibility index (Phi) is 2.78. The summed E-state index contributed by atoms with van der Waals surface area (Å²) in [6.07, 6.45) is 0. The minimum absolute atomic E-state index is 0.493. The maximum Gasteiger partial charge on any atom is 0.100 e. The van der Waals surface area contributed by atoms with Crippen LogP contribution in [0, 0.1) is 11.3 Å². The molecule has 0 saturated carbocycles. The van der Waals surface area contributed by atoms with Crippen LogP contribution in [-0.4, -0.2) is 0 Å². The summed E-state index contributed by atoms with van der Waals surface area (Å²) in [5, 5.41) is 12.0. The van der Waals surface area contributed by atoms with E-state index < -0.39 is 0 Å². The van der Waals surface area contributed by atoms with Gasteiger partial charge < -0.3 is 0 Å². The van der Waals surface area contributed by atoms with Crippen LogP contribution in [0.15, 0.2) is 22.0 Å². The molecule has 0 unspecified atom stereocenters. The summed E-state index contributed by atoms with van der Waals surface area (Å²) < 4.78 is 2.00. The minimum atomic E-state index is 0.493. The second-order valence-corrected chi connectivity index (χ2v) is 4.87. The Morgan fingerprint density at radius 3 is 2.93 bits per heavy atom. The number of nitriles is 1. The molecule has 0 fully saturated rings. The van der Waals surface area contributed by atoms with Crippen LogP contribution in [0.25, 0.3) is 10.1 Å². The van der Waals surface area contributed by atoms with Gasteiger partial charge in [-0.2, -0.15) is 5.26 Å². The van der Waals surface area contributed by atoms with Crippen molar-refractivity contribution in [3.05, 3.63) is 33.1 Å². The summed E-state index contributed by atoms with van der Waals surface area (Å²) in [4.78, 5) is 0. The molecule has 0 radical (unpaired) electrons. The molecule has 0 bridgehead atoms. The Bertz CT molecular complexity index is 527. The zero-order valence-electron chi connectivity index (χ0n) is 7.05. The Morgan fingerprint density at radius 1 is 1.50 bits per heavy atom. The summed E-state index contributed by atoms with van der Waals surface area (Å²) >= 11 is 10.8. The molecule has 4 heteroatoms. The van der Waals surface area contributed by atoms with Crippen LogP contribution < -0.4 is 0 Å². The van der Waals surface area contributed by atoms with Gasteiger partial charge in [0.15, 0.2) is 0 Å². The number of hydrogen-bond donors (Lipinski definition) is 0. The number of benzene rings is 1. The van der Waals surface area contributed by atoms with Crippen LogP contribution >= 0.6 is 38.9 Å². The summed E-state index contributed by atoms with van der Waals surface area (Å²) in [5.74, 6) is 0.493. The fourth-order valence-electron chi connectivity index (χ4n) is 1.29. The van der Waals surface area contributed by atoms with Crippen molar-refractivity contribution in [2.24, 2.45) is 0 Å². The van der Waals surface area contributed by atoms with E-state index in [-0.39, 0.29) is 0 Å².